The summed E-state index contributed by atoms with van der Waals surface area (Å²) in [7, 11) is 0. The standard InChI is InChI=1S/C13H15NO/c1-4-6-13(5-2)15-10-12-8-7-11(3)14-9-12/h4-9H,1-2,10H2,3H3/b13-6+. The second-order valence-electron chi connectivity index (χ2n) is 3.11. The molecule has 0 spiro atoms. The predicted molar refractivity (Wildman–Crippen MR) is 62.2 cm³/mol. The van der Waals surface area contributed by atoms with E-state index in [2.05, 4.69) is 18.1 Å². The van der Waals surface area contributed by atoms with Crippen LogP contribution in [-0.2, 0) is 11.3 Å². The third kappa shape index (κ3) is 3.81. The van der Waals surface area contributed by atoms with Crippen LogP contribution >= 0.6 is 0 Å². The molecule has 0 atom stereocenters. The van der Waals surface area contributed by atoms with E-state index in [0.717, 1.165) is 11.3 Å². The molecular weight excluding hydrogens is 186 g/mol. The van der Waals surface area contributed by atoms with Crippen molar-refractivity contribution >= 4 is 0 Å². The van der Waals surface area contributed by atoms with Crippen molar-refractivity contribution in [2.75, 3.05) is 0 Å². The molecule has 0 amide bonds. The van der Waals surface area contributed by atoms with Crippen molar-refractivity contribution < 1.29 is 4.74 Å². The molecule has 0 saturated carbocycles. The zero-order valence-corrected chi connectivity index (χ0v) is 8.94. The monoisotopic (exact) mass is 201 g/mol. The Morgan fingerprint density at radius 1 is 1.47 bits per heavy atom. The van der Waals surface area contributed by atoms with Crippen molar-refractivity contribution in [3.05, 3.63) is 66.7 Å². The number of allylic oxidation sites excluding steroid dienone is 3. The van der Waals surface area contributed by atoms with Crippen LogP contribution in [0.5, 0.6) is 0 Å². The van der Waals surface area contributed by atoms with E-state index >= 15 is 0 Å². The van der Waals surface area contributed by atoms with Gasteiger partial charge in [0.2, 0.25) is 0 Å². The summed E-state index contributed by atoms with van der Waals surface area (Å²) < 4.78 is 5.49. The van der Waals surface area contributed by atoms with Crippen LogP contribution in [0.3, 0.4) is 0 Å². The van der Waals surface area contributed by atoms with Gasteiger partial charge in [-0.2, -0.15) is 0 Å². The average Bonchev–Trinajstić information content (AvgIpc) is 2.26. The maximum Gasteiger partial charge on any atom is 0.119 e. The molecule has 0 N–H and O–H groups in total. The molecule has 0 aromatic carbocycles. The Bertz CT molecular complexity index is 363. The number of ether oxygens (including phenoxy) is 1. The molecule has 1 heterocycles. The number of aryl methyl sites for hydroxylation is 1. The lowest BCUT2D eigenvalue weighted by atomic mass is 10.3. The lowest BCUT2D eigenvalue weighted by Crippen LogP contribution is -1.93. The van der Waals surface area contributed by atoms with Crippen LogP contribution in [0.4, 0.5) is 0 Å². The van der Waals surface area contributed by atoms with Crippen LogP contribution in [0.15, 0.2) is 55.5 Å². The summed E-state index contributed by atoms with van der Waals surface area (Å²) in [4.78, 5) is 4.18. The molecule has 2 heteroatoms. The molecule has 15 heavy (non-hydrogen) atoms. The number of rotatable bonds is 5. The van der Waals surface area contributed by atoms with Crippen LogP contribution in [0.25, 0.3) is 0 Å². The van der Waals surface area contributed by atoms with Crippen molar-refractivity contribution in [3.8, 4) is 0 Å². The minimum absolute atomic E-state index is 0.499. The summed E-state index contributed by atoms with van der Waals surface area (Å²) in [5.41, 5.74) is 2.04. The Morgan fingerprint density at radius 2 is 2.27 bits per heavy atom. The quantitative estimate of drug-likeness (QED) is 0.539. The maximum atomic E-state index is 5.49. The van der Waals surface area contributed by atoms with Gasteiger partial charge >= 0.3 is 0 Å². The van der Waals surface area contributed by atoms with Crippen molar-refractivity contribution in [2.45, 2.75) is 13.5 Å². The van der Waals surface area contributed by atoms with Gasteiger partial charge in [-0.15, -0.1) is 0 Å². The molecule has 0 unspecified atom stereocenters. The van der Waals surface area contributed by atoms with Crippen LogP contribution in [0, 0.1) is 6.92 Å². The van der Waals surface area contributed by atoms with Crippen LogP contribution in [-0.4, -0.2) is 4.98 Å². The fourth-order valence-electron chi connectivity index (χ4n) is 1.04. The first-order valence-corrected chi connectivity index (χ1v) is 4.75. The van der Waals surface area contributed by atoms with E-state index < -0.39 is 0 Å². The second kappa shape index (κ2) is 5.81. The Labute approximate surface area is 90.6 Å². The number of pyridine rings is 1. The van der Waals surface area contributed by atoms with Gasteiger partial charge in [0, 0.05) is 17.5 Å². The van der Waals surface area contributed by atoms with Gasteiger partial charge in [-0.05, 0) is 25.1 Å². The van der Waals surface area contributed by atoms with E-state index in [4.69, 9.17) is 4.74 Å². The highest BCUT2D eigenvalue weighted by Gasteiger charge is 1.95. The molecule has 1 aromatic heterocycles. The van der Waals surface area contributed by atoms with Crippen LogP contribution in [0.2, 0.25) is 0 Å². The van der Waals surface area contributed by atoms with Gasteiger partial charge in [-0.25, -0.2) is 0 Å². The Kier molecular flexibility index (Phi) is 4.35. The zero-order chi connectivity index (χ0) is 11.1. The van der Waals surface area contributed by atoms with Gasteiger partial charge < -0.3 is 4.74 Å². The summed E-state index contributed by atoms with van der Waals surface area (Å²) >= 11 is 0. The molecule has 1 rings (SSSR count). The van der Waals surface area contributed by atoms with Crippen molar-refractivity contribution in [3.63, 3.8) is 0 Å². The highest BCUT2D eigenvalue weighted by molar-refractivity contribution is 5.16. The first-order chi connectivity index (χ1) is 7.26. The average molecular weight is 201 g/mol. The topological polar surface area (TPSA) is 22.1 Å². The van der Waals surface area contributed by atoms with Crippen LogP contribution in [0.1, 0.15) is 11.3 Å². The molecule has 0 bridgehead atoms. The minimum atomic E-state index is 0.499. The third-order valence-electron chi connectivity index (χ3n) is 1.86. The Balaban J connectivity index is 2.56. The first-order valence-electron chi connectivity index (χ1n) is 4.75. The summed E-state index contributed by atoms with van der Waals surface area (Å²) in [5.74, 6) is 0.713. The first kappa shape index (κ1) is 11.2. The zero-order valence-electron chi connectivity index (χ0n) is 8.94. The maximum absolute atomic E-state index is 5.49. The molecule has 0 aliphatic heterocycles. The van der Waals surface area contributed by atoms with E-state index in [-0.39, 0.29) is 0 Å². The highest BCUT2D eigenvalue weighted by atomic mass is 16.5. The summed E-state index contributed by atoms with van der Waals surface area (Å²) in [6, 6.07) is 3.96. The highest BCUT2D eigenvalue weighted by Crippen LogP contribution is 2.06. The molecule has 2 nitrogen and oxygen atoms in total. The predicted octanol–water partition coefficient (Wildman–Crippen LogP) is 3.16. The lowest BCUT2D eigenvalue weighted by Gasteiger charge is -2.06. The number of aromatic nitrogens is 1. The van der Waals surface area contributed by atoms with Crippen molar-refractivity contribution in [1.29, 1.82) is 0 Å². The number of hydrogen-bond acceptors (Lipinski definition) is 2. The van der Waals surface area contributed by atoms with Gasteiger partial charge in [0.1, 0.15) is 12.4 Å². The second-order valence-corrected chi connectivity index (χ2v) is 3.11. The summed E-state index contributed by atoms with van der Waals surface area (Å²) in [6.45, 7) is 9.70. The fraction of sp³-hybridized carbons (Fsp3) is 0.154. The molecule has 0 aliphatic carbocycles. The van der Waals surface area contributed by atoms with Gasteiger partial charge in [0.15, 0.2) is 0 Å². The van der Waals surface area contributed by atoms with Crippen LogP contribution < -0.4 is 0 Å². The fourth-order valence-corrected chi connectivity index (χ4v) is 1.04. The van der Waals surface area contributed by atoms with E-state index in [1.165, 1.54) is 0 Å². The molecule has 0 aliphatic rings. The van der Waals surface area contributed by atoms with E-state index in [1.807, 2.05) is 25.3 Å². The van der Waals surface area contributed by atoms with Gasteiger partial charge in [-0.3, -0.25) is 4.98 Å². The van der Waals surface area contributed by atoms with E-state index in [0.29, 0.717) is 12.4 Å². The Hall–Kier alpha value is -1.83. The normalized spacial score (nSPS) is 10.9. The molecule has 78 valence electrons. The third-order valence-corrected chi connectivity index (χ3v) is 1.86. The van der Waals surface area contributed by atoms with Gasteiger partial charge in [0.25, 0.3) is 0 Å². The van der Waals surface area contributed by atoms with E-state index in [1.54, 1.807) is 18.2 Å². The minimum Gasteiger partial charge on any atom is -0.489 e. The largest absolute Gasteiger partial charge is 0.489 e. The van der Waals surface area contributed by atoms with Gasteiger partial charge in [-0.1, -0.05) is 25.3 Å². The van der Waals surface area contributed by atoms with Gasteiger partial charge in [0.05, 0.1) is 0 Å². The number of hydrogen-bond donors (Lipinski definition) is 0. The van der Waals surface area contributed by atoms with E-state index in [9.17, 15) is 0 Å². The Morgan fingerprint density at radius 3 is 2.80 bits per heavy atom. The van der Waals surface area contributed by atoms with Crippen molar-refractivity contribution in [2.24, 2.45) is 0 Å². The summed E-state index contributed by atoms with van der Waals surface area (Å²) in [5, 5.41) is 0. The van der Waals surface area contributed by atoms with Crippen molar-refractivity contribution in [1.82, 2.24) is 4.98 Å². The smallest absolute Gasteiger partial charge is 0.119 e. The number of nitrogens with zero attached hydrogens (tertiary/aromatic N) is 1. The molecule has 0 fully saturated rings. The molecule has 0 saturated heterocycles. The molecular formula is C13H15NO. The molecule has 0 radical (unpaired) electrons. The summed E-state index contributed by atoms with van der Waals surface area (Å²) in [6.07, 6.45) is 6.91. The SMILES string of the molecule is C=C/C=C(\C=C)OCc1ccc(C)nc1. The lowest BCUT2D eigenvalue weighted by molar-refractivity contribution is 0.211. The molecule has 1 aromatic rings.